The fraction of sp³-hybridized carbons (Fsp3) is 0.188. The highest BCUT2D eigenvalue weighted by atomic mass is 35.5. The van der Waals surface area contributed by atoms with Crippen molar-refractivity contribution >= 4 is 33.2 Å². The third-order valence-corrected chi connectivity index (χ3v) is 4.37. The van der Waals surface area contributed by atoms with Crippen LogP contribution >= 0.6 is 22.9 Å². The zero-order valence-corrected chi connectivity index (χ0v) is 12.7. The van der Waals surface area contributed by atoms with Gasteiger partial charge in [-0.25, -0.2) is 4.98 Å². The smallest absolute Gasteiger partial charge is 0.124 e. The van der Waals surface area contributed by atoms with Crippen LogP contribution in [0.2, 0.25) is 0 Å². The van der Waals surface area contributed by atoms with Gasteiger partial charge in [0.05, 0.1) is 16.8 Å². The van der Waals surface area contributed by atoms with Gasteiger partial charge in [0.1, 0.15) is 10.8 Å². The molecule has 0 amide bonds. The van der Waals surface area contributed by atoms with Gasteiger partial charge in [0, 0.05) is 11.4 Å². The van der Waals surface area contributed by atoms with Gasteiger partial charge < -0.3 is 4.74 Å². The molecule has 1 heterocycles. The Balaban J connectivity index is 2.03. The summed E-state index contributed by atoms with van der Waals surface area (Å²) < 4.78 is 6.67. The van der Waals surface area contributed by atoms with Crippen LogP contribution < -0.4 is 4.74 Å². The van der Waals surface area contributed by atoms with Crippen molar-refractivity contribution in [3.8, 4) is 16.3 Å². The molecule has 0 N–H and O–H groups in total. The number of alkyl halides is 1. The molecule has 2 nitrogen and oxygen atoms in total. The number of ether oxygens (including phenoxy) is 1. The minimum absolute atomic E-state index is 0.521. The van der Waals surface area contributed by atoms with Crippen LogP contribution in [-0.2, 0) is 5.88 Å². The van der Waals surface area contributed by atoms with Gasteiger partial charge in [0.15, 0.2) is 0 Å². The number of rotatable bonds is 4. The van der Waals surface area contributed by atoms with Crippen molar-refractivity contribution in [2.45, 2.75) is 12.8 Å². The largest absolute Gasteiger partial charge is 0.494 e. The minimum atomic E-state index is 0.521. The molecular formula is C16H14ClNOS. The van der Waals surface area contributed by atoms with Crippen LogP contribution in [0.5, 0.6) is 5.75 Å². The van der Waals surface area contributed by atoms with E-state index in [-0.39, 0.29) is 0 Å². The van der Waals surface area contributed by atoms with Crippen LogP contribution in [0.1, 0.15) is 12.5 Å². The Morgan fingerprint density at radius 1 is 1.20 bits per heavy atom. The Labute approximate surface area is 127 Å². The van der Waals surface area contributed by atoms with E-state index < -0.39 is 0 Å². The zero-order valence-electron chi connectivity index (χ0n) is 11.1. The summed E-state index contributed by atoms with van der Waals surface area (Å²) in [5.41, 5.74) is 3.23. The second-order valence-electron chi connectivity index (χ2n) is 4.42. The first-order valence-electron chi connectivity index (χ1n) is 6.49. The molecule has 20 heavy (non-hydrogen) atoms. The van der Waals surface area contributed by atoms with Gasteiger partial charge >= 0.3 is 0 Å². The van der Waals surface area contributed by atoms with Gasteiger partial charge in [0.2, 0.25) is 0 Å². The lowest BCUT2D eigenvalue weighted by atomic mass is 10.1. The van der Waals surface area contributed by atoms with Gasteiger partial charge in [-0.05, 0) is 36.8 Å². The van der Waals surface area contributed by atoms with E-state index in [2.05, 4.69) is 17.1 Å². The van der Waals surface area contributed by atoms with Gasteiger partial charge in [0.25, 0.3) is 0 Å². The molecule has 102 valence electrons. The molecule has 0 aliphatic carbocycles. The lowest BCUT2D eigenvalue weighted by Crippen LogP contribution is -1.89. The number of hydrogen-bond acceptors (Lipinski definition) is 3. The minimum Gasteiger partial charge on any atom is -0.494 e. The second kappa shape index (κ2) is 5.81. The molecule has 0 aliphatic heterocycles. The SMILES string of the molecule is CCOc1ccc2nc(-c3cccc(CCl)c3)sc2c1. The molecule has 3 rings (SSSR count). The monoisotopic (exact) mass is 303 g/mol. The van der Waals surface area contributed by atoms with Crippen molar-refractivity contribution in [3.63, 3.8) is 0 Å². The van der Waals surface area contributed by atoms with E-state index in [0.717, 1.165) is 32.1 Å². The average molecular weight is 304 g/mol. The summed E-state index contributed by atoms with van der Waals surface area (Å²) in [5.74, 6) is 1.41. The Morgan fingerprint density at radius 3 is 2.90 bits per heavy atom. The van der Waals surface area contributed by atoms with Crippen LogP contribution in [0.3, 0.4) is 0 Å². The number of thiazole rings is 1. The Bertz CT molecular complexity index is 738. The van der Waals surface area contributed by atoms with E-state index >= 15 is 0 Å². The molecule has 2 aromatic carbocycles. The first-order valence-corrected chi connectivity index (χ1v) is 7.84. The molecule has 1 aromatic heterocycles. The summed E-state index contributed by atoms with van der Waals surface area (Å²) in [6.45, 7) is 2.66. The lowest BCUT2D eigenvalue weighted by molar-refractivity contribution is 0.341. The van der Waals surface area contributed by atoms with Crippen LogP contribution in [0.4, 0.5) is 0 Å². The molecule has 4 heteroatoms. The van der Waals surface area contributed by atoms with Gasteiger partial charge in [-0.3, -0.25) is 0 Å². The Morgan fingerprint density at radius 2 is 2.10 bits per heavy atom. The molecule has 0 spiro atoms. The average Bonchev–Trinajstić information content (AvgIpc) is 2.91. The molecule has 0 aliphatic rings. The summed E-state index contributed by atoms with van der Waals surface area (Å²) in [7, 11) is 0. The highest BCUT2D eigenvalue weighted by Gasteiger charge is 2.07. The van der Waals surface area contributed by atoms with Crippen LogP contribution in [0.25, 0.3) is 20.8 Å². The van der Waals surface area contributed by atoms with Gasteiger partial charge in [-0.15, -0.1) is 22.9 Å². The third kappa shape index (κ3) is 2.65. The van der Waals surface area contributed by atoms with Crippen LogP contribution in [0, 0.1) is 0 Å². The van der Waals surface area contributed by atoms with Crippen molar-refractivity contribution in [2.24, 2.45) is 0 Å². The number of halogens is 1. The van der Waals surface area contributed by atoms with Crippen molar-refractivity contribution in [3.05, 3.63) is 48.0 Å². The predicted molar refractivity (Wildman–Crippen MR) is 85.8 cm³/mol. The summed E-state index contributed by atoms with van der Waals surface area (Å²) in [6.07, 6.45) is 0. The van der Waals surface area contributed by atoms with Crippen LogP contribution in [0.15, 0.2) is 42.5 Å². The zero-order chi connectivity index (χ0) is 13.9. The van der Waals surface area contributed by atoms with E-state index in [4.69, 9.17) is 16.3 Å². The van der Waals surface area contributed by atoms with E-state index in [0.29, 0.717) is 12.5 Å². The van der Waals surface area contributed by atoms with Crippen molar-refractivity contribution < 1.29 is 4.74 Å². The summed E-state index contributed by atoms with van der Waals surface area (Å²) in [4.78, 5) is 4.68. The number of hydrogen-bond donors (Lipinski definition) is 0. The molecule has 0 atom stereocenters. The molecule has 0 saturated carbocycles. The fourth-order valence-electron chi connectivity index (χ4n) is 2.07. The molecule has 0 fully saturated rings. The van der Waals surface area contributed by atoms with E-state index in [9.17, 15) is 0 Å². The second-order valence-corrected chi connectivity index (χ2v) is 5.71. The Hall–Kier alpha value is -1.58. The predicted octanol–water partition coefficient (Wildman–Crippen LogP) is 5.10. The Kier molecular flexibility index (Phi) is 3.90. The summed E-state index contributed by atoms with van der Waals surface area (Å²) in [5, 5.41) is 1.01. The molecule has 0 bridgehead atoms. The number of fused-ring (bicyclic) bond motifs is 1. The first kappa shape index (κ1) is 13.4. The number of nitrogens with zero attached hydrogens (tertiary/aromatic N) is 1. The highest BCUT2D eigenvalue weighted by Crippen LogP contribution is 2.32. The molecule has 0 saturated heterocycles. The molecular weight excluding hydrogens is 290 g/mol. The van der Waals surface area contributed by atoms with Gasteiger partial charge in [-0.1, -0.05) is 18.2 Å². The van der Waals surface area contributed by atoms with E-state index in [1.165, 1.54) is 0 Å². The standard InChI is InChI=1S/C16H14ClNOS/c1-2-19-13-6-7-14-15(9-13)20-16(18-14)12-5-3-4-11(8-12)10-17/h3-9H,2,10H2,1H3. The lowest BCUT2D eigenvalue weighted by Gasteiger charge is -2.00. The maximum absolute atomic E-state index is 5.89. The maximum Gasteiger partial charge on any atom is 0.124 e. The molecule has 0 radical (unpaired) electrons. The number of aromatic nitrogens is 1. The van der Waals surface area contributed by atoms with Crippen LogP contribution in [-0.4, -0.2) is 11.6 Å². The third-order valence-electron chi connectivity index (χ3n) is 3.00. The first-order chi connectivity index (χ1) is 9.80. The highest BCUT2D eigenvalue weighted by molar-refractivity contribution is 7.21. The quantitative estimate of drug-likeness (QED) is 0.625. The van der Waals surface area contributed by atoms with Crippen molar-refractivity contribution in [1.29, 1.82) is 0 Å². The molecule has 0 unspecified atom stereocenters. The maximum atomic E-state index is 5.89. The van der Waals surface area contributed by atoms with E-state index in [1.807, 2.05) is 37.3 Å². The topological polar surface area (TPSA) is 22.1 Å². The summed E-state index contributed by atoms with van der Waals surface area (Å²) >= 11 is 7.56. The number of benzene rings is 2. The molecule has 3 aromatic rings. The van der Waals surface area contributed by atoms with Crippen molar-refractivity contribution in [2.75, 3.05) is 6.61 Å². The summed E-state index contributed by atoms with van der Waals surface area (Å²) in [6, 6.07) is 14.2. The normalized spacial score (nSPS) is 10.9. The van der Waals surface area contributed by atoms with Gasteiger partial charge in [-0.2, -0.15) is 0 Å². The van der Waals surface area contributed by atoms with Crippen molar-refractivity contribution in [1.82, 2.24) is 4.98 Å². The van der Waals surface area contributed by atoms with E-state index in [1.54, 1.807) is 11.3 Å². The fourth-order valence-corrected chi connectivity index (χ4v) is 3.23.